The molecule has 5 rings (SSSR count). The summed E-state index contributed by atoms with van der Waals surface area (Å²) < 4.78 is 23.3. The van der Waals surface area contributed by atoms with Crippen molar-refractivity contribution < 1.29 is 28.2 Å². The zero-order valence-electron chi connectivity index (χ0n) is 18.6. The molecule has 0 unspecified atom stereocenters. The first-order valence-corrected chi connectivity index (χ1v) is 10.6. The van der Waals surface area contributed by atoms with Crippen LogP contribution in [0, 0.1) is 0 Å². The molecular formula is C26H22O7. The molecule has 7 nitrogen and oxygen atoms in total. The normalized spacial score (nSPS) is 19.2. The second-order valence-electron chi connectivity index (χ2n) is 8.74. The Kier molecular flexibility index (Phi) is 4.67. The molecule has 0 spiro atoms. The number of carbonyl (C=O) groups excluding carboxylic acids is 2. The zero-order chi connectivity index (χ0) is 23.5. The fourth-order valence-corrected chi connectivity index (χ4v) is 4.53. The molecule has 33 heavy (non-hydrogen) atoms. The molecule has 3 aromatic carbocycles. The molecule has 0 saturated carbocycles. The molecule has 1 aliphatic heterocycles. The van der Waals surface area contributed by atoms with Crippen LogP contribution in [-0.2, 0) is 19.1 Å². The Hall–Kier alpha value is -3.87. The van der Waals surface area contributed by atoms with Crippen molar-refractivity contribution in [2.24, 2.45) is 0 Å². The molecule has 0 radical (unpaired) electrons. The third-order valence-electron chi connectivity index (χ3n) is 5.92. The van der Waals surface area contributed by atoms with Crippen molar-refractivity contribution in [3.05, 3.63) is 64.3 Å². The number of rotatable bonds is 2. The van der Waals surface area contributed by atoms with Crippen LogP contribution in [0.4, 0.5) is 0 Å². The monoisotopic (exact) mass is 446 g/mol. The van der Waals surface area contributed by atoms with Crippen LogP contribution in [0.1, 0.15) is 39.4 Å². The van der Waals surface area contributed by atoms with E-state index in [4.69, 9.17) is 18.6 Å². The van der Waals surface area contributed by atoms with Gasteiger partial charge in [0.25, 0.3) is 0 Å². The van der Waals surface area contributed by atoms with Crippen molar-refractivity contribution in [1.29, 1.82) is 0 Å². The van der Waals surface area contributed by atoms with E-state index in [2.05, 4.69) is 0 Å². The number of hydrogen-bond donors (Lipinski definition) is 0. The van der Waals surface area contributed by atoms with Gasteiger partial charge in [-0.25, -0.2) is 0 Å². The Bertz CT molecular complexity index is 1510. The van der Waals surface area contributed by atoms with Gasteiger partial charge in [-0.15, -0.1) is 0 Å². The van der Waals surface area contributed by atoms with Crippen molar-refractivity contribution in [2.45, 2.75) is 45.5 Å². The van der Waals surface area contributed by atoms with E-state index in [0.29, 0.717) is 33.3 Å². The third kappa shape index (κ3) is 3.40. The number of hydrogen-bond acceptors (Lipinski definition) is 7. The van der Waals surface area contributed by atoms with E-state index in [1.54, 1.807) is 32.0 Å². The Labute approximate surface area is 188 Å². The minimum atomic E-state index is -1.00. The molecular weight excluding hydrogens is 424 g/mol. The number of ether oxygens (including phenoxy) is 3. The van der Waals surface area contributed by atoms with Gasteiger partial charge in [0.2, 0.25) is 5.43 Å². The Morgan fingerprint density at radius 2 is 1.64 bits per heavy atom. The van der Waals surface area contributed by atoms with Gasteiger partial charge in [-0.2, -0.15) is 0 Å². The Balaban J connectivity index is 1.81. The van der Waals surface area contributed by atoms with Crippen molar-refractivity contribution in [2.75, 3.05) is 0 Å². The minimum Gasteiger partial charge on any atom is -0.483 e. The molecule has 0 amide bonds. The first kappa shape index (κ1) is 21.0. The summed E-state index contributed by atoms with van der Waals surface area (Å²) in [5.74, 6) is -0.682. The van der Waals surface area contributed by atoms with Crippen LogP contribution in [0.25, 0.3) is 32.7 Å². The van der Waals surface area contributed by atoms with E-state index >= 15 is 0 Å². The van der Waals surface area contributed by atoms with E-state index in [1.165, 1.54) is 13.8 Å². The summed E-state index contributed by atoms with van der Waals surface area (Å²) in [6.07, 6.45) is -1.85. The highest BCUT2D eigenvalue weighted by molar-refractivity contribution is 6.08. The Morgan fingerprint density at radius 3 is 2.36 bits per heavy atom. The Morgan fingerprint density at radius 1 is 0.909 bits per heavy atom. The molecule has 7 heteroatoms. The van der Waals surface area contributed by atoms with Crippen LogP contribution < -0.4 is 10.2 Å². The van der Waals surface area contributed by atoms with Crippen molar-refractivity contribution in [3.63, 3.8) is 0 Å². The van der Waals surface area contributed by atoms with Gasteiger partial charge in [0.15, 0.2) is 12.2 Å². The minimum absolute atomic E-state index is 0.207. The lowest BCUT2D eigenvalue weighted by Crippen LogP contribution is -2.51. The largest absolute Gasteiger partial charge is 0.483 e. The van der Waals surface area contributed by atoms with Gasteiger partial charge in [-0.3, -0.25) is 14.4 Å². The number of fused-ring (bicyclic) bond motifs is 5. The molecule has 0 aliphatic carbocycles. The quantitative estimate of drug-likeness (QED) is 0.248. The average molecular weight is 446 g/mol. The molecule has 1 aromatic heterocycles. The summed E-state index contributed by atoms with van der Waals surface area (Å²) in [4.78, 5) is 37.3. The van der Waals surface area contributed by atoms with E-state index in [1.807, 2.05) is 30.3 Å². The van der Waals surface area contributed by atoms with E-state index in [-0.39, 0.29) is 5.43 Å². The number of benzene rings is 3. The van der Waals surface area contributed by atoms with Crippen LogP contribution >= 0.6 is 0 Å². The highest BCUT2D eigenvalue weighted by Gasteiger charge is 2.48. The smallest absolute Gasteiger partial charge is 0.303 e. The van der Waals surface area contributed by atoms with Gasteiger partial charge in [-0.1, -0.05) is 30.3 Å². The molecule has 2 atom stereocenters. The summed E-state index contributed by atoms with van der Waals surface area (Å²) in [5.41, 5.74) is 0.0524. The van der Waals surface area contributed by atoms with Gasteiger partial charge < -0.3 is 18.6 Å². The number of carbonyl (C=O) groups is 2. The highest BCUT2D eigenvalue weighted by Crippen LogP contribution is 2.45. The van der Waals surface area contributed by atoms with Crippen LogP contribution in [0.5, 0.6) is 5.75 Å². The molecule has 1 aliphatic rings. The van der Waals surface area contributed by atoms with Crippen molar-refractivity contribution in [3.8, 4) is 5.75 Å². The maximum Gasteiger partial charge on any atom is 0.303 e. The summed E-state index contributed by atoms with van der Waals surface area (Å²) in [5, 5.41) is 2.50. The SMILES string of the molecule is CC(=O)O[C@H]1c2cc3c(=O)c4c(ccc5ccccc54)oc3cc2OC(C)(C)[C@H]1OC(C)=O. The van der Waals surface area contributed by atoms with E-state index in [0.717, 1.165) is 10.8 Å². The predicted molar refractivity (Wildman–Crippen MR) is 122 cm³/mol. The molecule has 0 N–H and O–H groups in total. The van der Waals surface area contributed by atoms with Crippen LogP contribution in [0.3, 0.4) is 0 Å². The molecule has 2 heterocycles. The summed E-state index contributed by atoms with van der Waals surface area (Å²) in [6.45, 7) is 6.05. The summed E-state index contributed by atoms with van der Waals surface area (Å²) in [7, 11) is 0. The fourth-order valence-electron chi connectivity index (χ4n) is 4.53. The van der Waals surface area contributed by atoms with Crippen LogP contribution in [0.15, 0.2) is 57.7 Å². The summed E-state index contributed by atoms with van der Waals surface area (Å²) in [6, 6.07) is 14.5. The number of esters is 2. The topological polar surface area (TPSA) is 92.0 Å². The van der Waals surface area contributed by atoms with Gasteiger partial charge in [0.05, 0.1) is 10.8 Å². The van der Waals surface area contributed by atoms with E-state index in [9.17, 15) is 14.4 Å². The highest BCUT2D eigenvalue weighted by atomic mass is 16.6. The van der Waals surface area contributed by atoms with Crippen molar-refractivity contribution in [1.82, 2.24) is 0 Å². The molecule has 168 valence electrons. The maximum atomic E-state index is 13.6. The van der Waals surface area contributed by atoms with Gasteiger partial charge in [-0.05, 0) is 36.8 Å². The van der Waals surface area contributed by atoms with Crippen LogP contribution in [-0.4, -0.2) is 23.6 Å². The van der Waals surface area contributed by atoms with Crippen molar-refractivity contribution >= 4 is 44.6 Å². The van der Waals surface area contributed by atoms with E-state index < -0.39 is 29.7 Å². The standard InChI is InChI=1S/C26H22O7/c1-13(27)30-24-18-11-17-20(12-21(18)33-26(3,4)25(24)31-14(2)28)32-19-10-9-15-7-5-6-8-16(15)22(19)23(17)29/h5-12,24-25H,1-4H3/t24-,25-/m0/s1. The predicted octanol–water partition coefficient (Wildman–Crippen LogP) is 4.81. The lowest BCUT2D eigenvalue weighted by Gasteiger charge is -2.43. The fraction of sp³-hybridized carbons (Fsp3) is 0.269. The molecule has 0 saturated heterocycles. The first-order chi connectivity index (χ1) is 15.7. The lowest BCUT2D eigenvalue weighted by molar-refractivity contribution is -0.187. The van der Waals surface area contributed by atoms with Gasteiger partial charge in [0, 0.05) is 25.5 Å². The first-order valence-electron chi connectivity index (χ1n) is 10.6. The second-order valence-corrected chi connectivity index (χ2v) is 8.74. The third-order valence-corrected chi connectivity index (χ3v) is 5.92. The zero-order valence-corrected chi connectivity index (χ0v) is 18.6. The second kappa shape index (κ2) is 7.33. The maximum absolute atomic E-state index is 13.6. The van der Waals surface area contributed by atoms with Crippen LogP contribution in [0.2, 0.25) is 0 Å². The van der Waals surface area contributed by atoms with Gasteiger partial charge >= 0.3 is 11.9 Å². The molecule has 4 aromatic rings. The average Bonchev–Trinajstić information content (AvgIpc) is 2.74. The van der Waals surface area contributed by atoms with Gasteiger partial charge in [0.1, 0.15) is 22.5 Å². The summed E-state index contributed by atoms with van der Waals surface area (Å²) >= 11 is 0. The molecule has 0 bridgehead atoms. The lowest BCUT2D eigenvalue weighted by atomic mass is 9.87. The molecule has 0 fully saturated rings.